The van der Waals surface area contributed by atoms with Crippen LogP contribution >= 0.6 is 11.6 Å². The van der Waals surface area contributed by atoms with Gasteiger partial charge in [-0.1, -0.05) is 30.7 Å². The SMILES string of the molecule is CCC(=CC(=O)O)c1cccc(Cl)c1OC. The van der Waals surface area contributed by atoms with E-state index in [-0.39, 0.29) is 0 Å². The van der Waals surface area contributed by atoms with Gasteiger partial charge in [-0.05, 0) is 18.1 Å². The van der Waals surface area contributed by atoms with Crippen molar-refractivity contribution in [1.29, 1.82) is 0 Å². The van der Waals surface area contributed by atoms with Crippen molar-refractivity contribution in [2.75, 3.05) is 7.11 Å². The average Bonchev–Trinajstić information content (AvgIpc) is 2.25. The molecule has 0 saturated heterocycles. The smallest absolute Gasteiger partial charge is 0.328 e. The molecular weight excluding hydrogens is 228 g/mol. The van der Waals surface area contributed by atoms with Crippen LogP contribution in [0.4, 0.5) is 0 Å². The van der Waals surface area contributed by atoms with Crippen LogP contribution in [0.3, 0.4) is 0 Å². The average molecular weight is 241 g/mol. The molecule has 0 heterocycles. The summed E-state index contributed by atoms with van der Waals surface area (Å²) >= 11 is 5.97. The zero-order chi connectivity index (χ0) is 12.1. The first kappa shape index (κ1) is 12.6. The van der Waals surface area contributed by atoms with Crippen LogP contribution in [-0.2, 0) is 4.79 Å². The fraction of sp³-hybridized carbons (Fsp3) is 0.250. The molecule has 0 bridgehead atoms. The Balaban J connectivity index is 3.30. The molecule has 0 fully saturated rings. The van der Waals surface area contributed by atoms with E-state index in [9.17, 15) is 4.79 Å². The molecular formula is C12H13ClO3. The molecule has 1 N–H and O–H groups in total. The Labute approximate surface area is 99.3 Å². The molecule has 0 atom stereocenters. The monoisotopic (exact) mass is 240 g/mol. The van der Waals surface area contributed by atoms with Crippen LogP contribution in [0.5, 0.6) is 5.75 Å². The van der Waals surface area contributed by atoms with Crippen LogP contribution in [0.25, 0.3) is 5.57 Å². The van der Waals surface area contributed by atoms with E-state index in [1.165, 1.54) is 13.2 Å². The van der Waals surface area contributed by atoms with Crippen LogP contribution in [0.2, 0.25) is 5.02 Å². The van der Waals surface area contributed by atoms with Crippen LogP contribution in [0.15, 0.2) is 24.3 Å². The van der Waals surface area contributed by atoms with Crippen molar-refractivity contribution >= 4 is 23.1 Å². The number of methoxy groups -OCH3 is 1. The number of aliphatic carboxylic acids is 1. The molecule has 0 radical (unpaired) electrons. The Hall–Kier alpha value is -1.48. The Bertz CT molecular complexity index is 424. The highest BCUT2D eigenvalue weighted by atomic mass is 35.5. The fourth-order valence-corrected chi connectivity index (χ4v) is 1.74. The molecule has 0 aliphatic heterocycles. The van der Waals surface area contributed by atoms with Crippen molar-refractivity contribution in [3.8, 4) is 5.75 Å². The van der Waals surface area contributed by atoms with E-state index in [0.717, 1.165) is 5.56 Å². The lowest BCUT2D eigenvalue weighted by atomic mass is 10.0. The maximum atomic E-state index is 10.7. The number of benzene rings is 1. The molecule has 4 heteroatoms. The number of carboxylic acids is 1. The highest BCUT2D eigenvalue weighted by molar-refractivity contribution is 6.32. The molecule has 0 aliphatic carbocycles. The number of allylic oxidation sites excluding steroid dienone is 1. The third kappa shape index (κ3) is 2.76. The van der Waals surface area contributed by atoms with E-state index >= 15 is 0 Å². The topological polar surface area (TPSA) is 46.5 Å². The Morgan fingerprint density at radius 1 is 1.56 bits per heavy atom. The van der Waals surface area contributed by atoms with Crippen LogP contribution in [-0.4, -0.2) is 18.2 Å². The van der Waals surface area contributed by atoms with Gasteiger partial charge in [0, 0.05) is 11.6 Å². The molecule has 86 valence electrons. The van der Waals surface area contributed by atoms with Crippen LogP contribution < -0.4 is 4.74 Å². The van der Waals surface area contributed by atoms with E-state index in [4.69, 9.17) is 21.4 Å². The van der Waals surface area contributed by atoms with E-state index in [1.54, 1.807) is 18.2 Å². The van der Waals surface area contributed by atoms with Gasteiger partial charge in [-0.15, -0.1) is 0 Å². The largest absolute Gasteiger partial charge is 0.495 e. The lowest BCUT2D eigenvalue weighted by Crippen LogP contribution is -1.95. The van der Waals surface area contributed by atoms with Gasteiger partial charge in [0.2, 0.25) is 0 Å². The van der Waals surface area contributed by atoms with Crippen molar-refractivity contribution in [3.05, 3.63) is 34.9 Å². The second-order valence-electron chi connectivity index (χ2n) is 3.18. The zero-order valence-electron chi connectivity index (χ0n) is 9.16. The van der Waals surface area contributed by atoms with Gasteiger partial charge in [0.05, 0.1) is 12.1 Å². The molecule has 1 aromatic rings. The summed E-state index contributed by atoms with van der Waals surface area (Å²) in [5.41, 5.74) is 1.41. The minimum absolute atomic E-state index is 0.477. The standard InChI is InChI=1S/C12H13ClO3/c1-3-8(7-11(14)15)9-5-4-6-10(13)12(9)16-2/h4-7H,3H2,1-2H3,(H,14,15). The first-order chi connectivity index (χ1) is 7.60. The number of carboxylic acid groups (broad SMARTS) is 1. The predicted octanol–water partition coefficient (Wildman–Crippen LogP) is 3.23. The molecule has 0 spiro atoms. The fourth-order valence-electron chi connectivity index (χ4n) is 1.49. The van der Waals surface area contributed by atoms with E-state index in [1.807, 2.05) is 6.92 Å². The highest BCUT2D eigenvalue weighted by Gasteiger charge is 2.11. The summed E-state index contributed by atoms with van der Waals surface area (Å²) in [5.74, 6) is -0.461. The molecule has 0 aliphatic rings. The summed E-state index contributed by atoms with van der Waals surface area (Å²) in [6, 6.07) is 5.27. The summed E-state index contributed by atoms with van der Waals surface area (Å²) < 4.78 is 5.17. The van der Waals surface area contributed by atoms with Gasteiger partial charge in [-0.3, -0.25) is 0 Å². The number of carbonyl (C=O) groups is 1. The molecule has 1 aromatic carbocycles. The van der Waals surface area contributed by atoms with Gasteiger partial charge in [0.15, 0.2) is 0 Å². The number of para-hydroxylation sites is 1. The molecule has 0 aromatic heterocycles. The number of ether oxygens (including phenoxy) is 1. The lowest BCUT2D eigenvalue weighted by Gasteiger charge is -2.11. The second-order valence-corrected chi connectivity index (χ2v) is 3.59. The van der Waals surface area contributed by atoms with Gasteiger partial charge in [0.1, 0.15) is 5.75 Å². The van der Waals surface area contributed by atoms with Crippen molar-refractivity contribution in [2.24, 2.45) is 0 Å². The summed E-state index contributed by atoms with van der Waals surface area (Å²) in [7, 11) is 1.51. The van der Waals surface area contributed by atoms with Crippen molar-refractivity contribution < 1.29 is 14.6 Å². The molecule has 0 amide bonds. The molecule has 3 nitrogen and oxygen atoms in total. The van der Waals surface area contributed by atoms with Crippen LogP contribution in [0, 0.1) is 0 Å². The van der Waals surface area contributed by atoms with Crippen molar-refractivity contribution in [3.63, 3.8) is 0 Å². The first-order valence-electron chi connectivity index (χ1n) is 4.86. The quantitative estimate of drug-likeness (QED) is 0.822. The van der Waals surface area contributed by atoms with Gasteiger partial charge in [-0.25, -0.2) is 4.79 Å². The van der Waals surface area contributed by atoms with E-state index in [2.05, 4.69) is 0 Å². The predicted molar refractivity (Wildman–Crippen MR) is 63.9 cm³/mol. The summed E-state index contributed by atoms with van der Waals surface area (Å²) in [5, 5.41) is 9.24. The minimum Gasteiger partial charge on any atom is -0.495 e. The van der Waals surface area contributed by atoms with E-state index < -0.39 is 5.97 Å². The first-order valence-corrected chi connectivity index (χ1v) is 5.24. The number of rotatable bonds is 4. The molecule has 16 heavy (non-hydrogen) atoms. The number of hydrogen-bond donors (Lipinski definition) is 1. The zero-order valence-corrected chi connectivity index (χ0v) is 9.91. The number of hydrogen-bond acceptors (Lipinski definition) is 2. The summed E-state index contributed by atoms with van der Waals surface area (Å²) in [6.07, 6.45) is 1.77. The van der Waals surface area contributed by atoms with E-state index in [0.29, 0.717) is 22.8 Å². The third-order valence-corrected chi connectivity index (χ3v) is 2.49. The Kier molecular flexibility index (Phi) is 4.38. The third-order valence-electron chi connectivity index (χ3n) is 2.20. The molecule has 0 saturated carbocycles. The van der Waals surface area contributed by atoms with Gasteiger partial charge in [0.25, 0.3) is 0 Å². The van der Waals surface area contributed by atoms with Gasteiger partial charge >= 0.3 is 5.97 Å². The second kappa shape index (κ2) is 5.56. The number of halogens is 1. The molecule has 1 rings (SSSR count). The Morgan fingerprint density at radius 2 is 2.25 bits per heavy atom. The van der Waals surface area contributed by atoms with Gasteiger partial charge < -0.3 is 9.84 Å². The summed E-state index contributed by atoms with van der Waals surface area (Å²) in [6.45, 7) is 1.88. The highest BCUT2D eigenvalue weighted by Crippen LogP contribution is 2.34. The maximum Gasteiger partial charge on any atom is 0.328 e. The Morgan fingerprint density at radius 3 is 2.75 bits per heavy atom. The van der Waals surface area contributed by atoms with Gasteiger partial charge in [-0.2, -0.15) is 0 Å². The maximum absolute atomic E-state index is 10.7. The van der Waals surface area contributed by atoms with Crippen LogP contribution in [0.1, 0.15) is 18.9 Å². The lowest BCUT2D eigenvalue weighted by molar-refractivity contribution is -0.131. The van der Waals surface area contributed by atoms with Crippen molar-refractivity contribution in [2.45, 2.75) is 13.3 Å². The summed E-state index contributed by atoms with van der Waals surface area (Å²) in [4.78, 5) is 10.7. The van der Waals surface area contributed by atoms with Crippen molar-refractivity contribution in [1.82, 2.24) is 0 Å². The normalized spacial score (nSPS) is 11.3. The minimum atomic E-state index is -0.973. The molecule has 0 unspecified atom stereocenters.